The largest absolute Gasteiger partial charge is 0.504 e. The minimum Gasteiger partial charge on any atom is -0.504 e. The molecule has 5 nitrogen and oxygen atoms in total. The van der Waals surface area contributed by atoms with Crippen molar-refractivity contribution in [1.29, 1.82) is 0 Å². The van der Waals surface area contributed by atoms with Gasteiger partial charge in [0.15, 0.2) is 16.3 Å². The van der Waals surface area contributed by atoms with Crippen molar-refractivity contribution >= 4 is 39.0 Å². The molecule has 1 aliphatic heterocycles. The molecule has 0 saturated carbocycles. The standard InChI is InChI=1S/C28H21BrN2O3S/c1-34-23-13-6-16(14-22(23)32)15-24-27(33)31-26(18-7-10-19(29)11-8-18)21-12-9-17-4-2-3-5-20(17)25(21)30-28(31)35-24/h2-8,10-11,13-15,26,32H,9,12H2,1H3/b24-15+/t26-/m1/s1. The number of phenolic OH excluding ortho intramolecular Hbond substituents is 1. The van der Waals surface area contributed by atoms with E-state index in [1.165, 1.54) is 29.6 Å². The summed E-state index contributed by atoms with van der Waals surface area (Å²) in [4.78, 5) is 19.5. The van der Waals surface area contributed by atoms with E-state index in [9.17, 15) is 9.90 Å². The van der Waals surface area contributed by atoms with E-state index in [2.05, 4.69) is 46.3 Å². The van der Waals surface area contributed by atoms with Crippen molar-refractivity contribution in [2.45, 2.75) is 18.9 Å². The minimum absolute atomic E-state index is 0.0360. The molecule has 0 spiro atoms. The first-order valence-electron chi connectivity index (χ1n) is 11.3. The lowest BCUT2D eigenvalue weighted by atomic mass is 9.83. The van der Waals surface area contributed by atoms with E-state index in [1.54, 1.807) is 18.2 Å². The molecule has 1 aliphatic carbocycles. The lowest BCUT2D eigenvalue weighted by Crippen LogP contribution is -2.38. The highest BCUT2D eigenvalue weighted by atomic mass is 79.9. The zero-order chi connectivity index (χ0) is 24.1. The molecular weight excluding hydrogens is 524 g/mol. The number of fused-ring (bicyclic) bond motifs is 3. The van der Waals surface area contributed by atoms with Crippen LogP contribution in [-0.4, -0.2) is 16.8 Å². The average Bonchev–Trinajstić information content (AvgIpc) is 3.18. The second kappa shape index (κ2) is 8.66. The number of aryl methyl sites for hydroxylation is 1. The molecule has 6 rings (SSSR count). The summed E-state index contributed by atoms with van der Waals surface area (Å²) < 4.78 is 8.54. The molecule has 1 atom stereocenters. The fourth-order valence-electron chi connectivity index (χ4n) is 4.92. The number of ether oxygens (including phenoxy) is 1. The van der Waals surface area contributed by atoms with E-state index in [0.29, 0.717) is 15.1 Å². The summed E-state index contributed by atoms with van der Waals surface area (Å²) in [6.45, 7) is 0. The van der Waals surface area contributed by atoms with Crippen LogP contribution in [-0.2, 0) is 6.42 Å². The van der Waals surface area contributed by atoms with Gasteiger partial charge in [0.05, 0.1) is 23.4 Å². The molecule has 0 unspecified atom stereocenters. The molecule has 1 N–H and O–H groups in total. The highest BCUT2D eigenvalue weighted by Crippen LogP contribution is 2.41. The number of phenols is 1. The summed E-state index contributed by atoms with van der Waals surface area (Å²) in [5, 5.41) is 10.2. The van der Waals surface area contributed by atoms with E-state index < -0.39 is 0 Å². The van der Waals surface area contributed by atoms with Crippen molar-refractivity contribution in [1.82, 2.24) is 4.57 Å². The fourth-order valence-corrected chi connectivity index (χ4v) is 6.18. The number of halogens is 1. The topological polar surface area (TPSA) is 63.8 Å². The Morgan fingerprint density at radius 2 is 1.91 bits per heavy atom. The predicted molar refractivity (Wildman–Crippen MR) is 142 cm³/mol. The Hall–Kier alpha value is -3.42. The monoisotopic (exact) mass is 544 g/mol. The normalized spacial score (nSPS) is 16.9. The van der Waals surface area contributed by atoms with Gasteiger partial charge in [-0.25, -0.2) is 4.99 Å². The lowest BCUT2D eigenvalue weighted by Gasteiger charge is -2.30. The van der Waals surface area contributed by atoms with Crippen molar-refractivity contribution in [3.8, 4) is 11.5 Å². The Morgan fingerprint density at radius 3 is 2.69 bits per heavy atom. The summed E-state index contributed by atoms with van der Waals surface area (Å²) >= 11 is 4.91. The molecule has 3 aromatic carbocycles. The highest BCUT2D eigenvalue weighted by Gasteiger charge is 2.32. The summed E-state index contributed by atoms with van der Waals surface area (Å²) in [6, 6.07) is 21.5. The Morgan fingerprint density at radius 1 is 1.11 bits per heavy atom. The lowest BCUT2D eigenvalue weighted by molar-refractivity contribution is 0.373. The van der Waals surface area contributed by atoms with Gasteiger partial charge in [0.2, 0.25) is 0 Å². The van der Waals surface area contributed by atoms with Crippen LogP contribution in [0.4, 0.5) is 0 Å². The number of hydrogen-bond donors (Lipinski definition) is 1. The van der Waals surface area contributed by atoms with Gasteiger partial charge in [0, 0.05) is 10.0 Å². The summed E-state index contributed by atoms with van der Waals surface area (Å²) in [5.41, 5.74) is 6.29. The van der Waals surface area contributed by atoms with Crippen LogP contribution in [0.5, 0.6) is 11.5 Å². The van der Waals surface area contributed by atoms with Crippen LogP contribution >= 0.6 is 27.3 Å². The van der Waals surface area contributed by atoms with Crippen LogP contribution in [0.15, 0.2) is 86.6 Å². The molecule has 0 amide bonds. The minimum atomic E-state index is -0.214. The highest BCUT2D eigenvalue weighted by molar-refractivity contribution is 9.10. The van der Waals surface area contributed by atoms with Crippen LogP contribution in [0.25, 0.3) is 11.8 Å². The third-order valence-corrected chi connectivity index (χ3v) is 8.07. The second-order valence-electron chi connectivity index (χ2n) is 8.60. The van der Waals surface area contributed by atoms with Gasteiger partial charge < -0.3 is 9.84 Å². The summed E-state index contributed by atoms with van der Waals surface area (Å²) in [5.74, 6) is 0.430. The number of methoxy groups -OCH3 is 1. The number of allylic oxidation sites excluding steroid dienone is 1. The Kier molecular flexibility index (Phi) is 5.46. The number of aromatic hydroxyl groups is 1. The molecule has 4 aromatic rings. The van der Waals surface area contributed by atoms with E-state index in [-0.39, 0.29) is 17.4 Å². The summed E-state index contributed by atoms with van der Waals surface area (Å²) in [6.07, 6.45) is 3.58. The van der Waals surface area contributed by atoms with E-state index >= 15 is 0 Å². The quantitative estimate of drug-likeness (QED) is 0.403. The number of thiazole rings is 1. The van der Waals surface area contributed by atoms with Crippen molar-refractivity contribution in [2.24, 2.45) is 4.99 Å². The van der Waals surface area contributed by atoms with Gasteiger partial charge in [-0.2, -0.15) is 0 Å². The molecule has 7 heteroatoms. The maximum atomic E-state index is 13.8. The predicted octanol–water partition coefficient (Wildman–Crippen LogP) is 4.80. The van der Waals surface area contributed by atoms with Gasteiger partial charge >= 0.3 is 0 Å². The molecule has 2 aliphatic rings. The number of hydrogen-bond acceptors (Lipinski definition) is 5. The van der Waals surface area contributed by atoms with Crippen molar-refractivity contribution in [3.05, 3.63) is 119 Å². The molecule has 174 valence electrons. The molecule has 1 aromatic heterocycles. The number of rotatable bonds is 3. The van der Waals surface area contributed by atoms with Gasteiger partial charge in [-0.05, 0) is 65.4 Å². The van der Waals surface area contributed by atoms with Gasteiger partial charge in [-0.15, -0.1) is 0 Å². The fraction of sp³-hybridized carbons (Fsp3) is 0.143. The van der Waals surface area contributed by atoms with Crippen LogP contribution in [0.2, 0.25) is 0 Å². The molecule has 0 saturated heterocycles. The second-order valence-corrected chi connectivity index (χ2v) is 10.5. The third-order valence-electron chi connectivity index (χ3n) is 6.56. The number of aromatic nitrogens is 1. The first kappa shape index (κ1) is 22.1. The molecule has 0 radical (unpaired) electrons. The van der Waals surface area contributed by atoms with Crippen molar-refractivity contribution < 1.29 is 9.84 Å². The third kappa shape index (κ3) is 3.75. The Balaban J connectivity index is 1.59. The number of benzene rings is 3. The van der Waals surface area contributed by atoms with Crippen LogP contribution in [0.1, 0.15) is 34.7 Å². The molecule has 35 heavy (non-hydrogen) atoms. The van der Waals surface area contributed by atoms with Gasteiger partial charge in [0.25, 0.3) is 5.56 Å². The summed E-state index contributed by atoms with van der Waals surface area (Å²) in [7, 11) is 1.51. The van der Waals surface area contributed by atoms with E-state index in [1.807, 2.05) is 28.8 Å². The molecule has 2 heterocycles. The van der Waals surface area contributed by atoms with Crippen LogP contribution < -0.4 is 19.6 Å². The van der Waals surface area contributed by atoms with E-state index in [4.69, 9.17) is 9.73 Å². The van der Waals surface area contributed by atoms with Crippen molar-refractivity contribution in [2.75, 3.05) is 7.11 Å². The molecule has 0 fully saturated rings. The van der Waals surface area contributed by atoms with Gasteiger partial charge in [-0.3, -0.25) is 9.36 Å². The Bertz CT molecular complexity index is 1680. The maximum absolute atomic E-state index is 13.8. The van der Waals surface area contributed by atoms with Gasteiger partial charge in [-0.1, -0.05) is 69.7 Å². The van der Waals surface area contributed by atoms with Crippen LogP contribution in [0.3, 0.4) is 0 Å². The van der Waals surface area contributed by atoms with E-state index in [0.717, 1.165) is 39.7 Å². The Labute approximate surface area is 214 Å². The SMILES string of the molecule is COc1ccc(/C=c2/sc3n(c2=O)[C@H](c2ccc(Br)cc2)C2=C(N=3)c3ccccc3CC2)cc1O. The average molecular weight is 545 g/mol. The molecular formula is C28H21BrN2O3S. The first-order valence-corrected chi connectivity index (χ1v) is 12.9. The number of nitrogens with zero attached hydrogens (tertiary/aromatic N) is 2. The molecule has 0 bridgehead atoms. The smallest absolute Gasteiger partial charge is 0.271 e. The maximum Gasteiger partial charge on any atom is 0.271 e. The first-order chi connectivity index (χ1) is 17.0. The zero-order valence-electron chi connectivity index (χ0n) is 18.9. The van der Waals surface area contributed by atoms with Gasteiger partial charge in [0.1, 0.15) is 0 Å². The zero-order valence-corrected chi connectivity index (χ0v) is 21.3. The van der Waals surface area contributed by atoms with Crippen molar-refractivity contribution in [3.63, 3.8) is 0 Å². The van der Waals surface area contributed by atoms with Crippen LogP contribution in [0, 0.1) is 0 Å².